The van der Waals surface area contributed by atoms with E-state index in [1.807, 2.05) is 19.9 Å². The number of aliphatic hydroxyl groups is 1. The predicted octanol–water partition coefficient (Wildman–Crippen LogP) is 2.79. The van der Waals surface area contributed by atoms with Crippen molar-refractivity contribution in [1.29, 1.82) is 0 Å². The molecule has 4 nitrogen and oxygen atoms in total. The third-order valence-corrected chi connectivity index (χ3v) is 3.80. The van der Waals surface area contributed by atoms with E-state index in [4.69, 9.17) is 4.42 Å². The van der Waals surface area contributed by atoms with Crippen molar-refractivity contribution in [3.63, 3.8) is 0 Å². The zero-order valence-corrected chi connectivity index (χ0v) is 12.2. The number of hydrogen-bond donors (Lipinski definition) is 2. The zero-order chi connectivity index (χ0) is 14.5. The Morgan fingerprint density at radius 2 is 2.30 bits per heavy atom. The molecule has 0 bridgehead atoms. The first-order valence-corrected chi connectivity index (χ1v) is 7.25. The molecule has 0 aromatic carbocycles. The summed E-state index contributed by atoms with van der Waals surface area (Å²) < 4.78 is 5.40. The van der Waals surface area contributed by atoms with Gasteiger partial charge in [0, 0.05) is 18.0 Å². The van der Waals surface area contributed by atoms with E-state index in [1.165, 1.54) is 0 Å². The number of aliphatic hydroxyl groups excluding tert-OH is 1. The Labute approximate surface area is 119 Å². The summed E-state index contributed by atoms with van der Waals surface area (Å²) in [6.45, 7) is 4.20. The normalized spacial score (nSPS) is 19.9. The first kappa shape index (κ1) is 14.9. The molecule has 0 saturated heterocycles. The van der Waals surface area contributed by atoms with Crippen molar-refractivity contribution in [2.75, 3.05) is 6.54 Å². The summed E-state index contributed by atoms with van der Waals surface area (Å²) in [4.78, 5) is 11.9. The zero-order valence-electron chi connectivity index (χ0n) is 12.2. The van der Waals surface area contributed by atoms with Crippen LogP contribution < -0.4 is 5.32 Å². The van der Waals surface area contributed by atoms with Crippen molar-refractivity contribution >= 4 is 5.91 Å². The van der Waals surface area contributed by atoms with Gasteiger partial charge in [0.25, 0.3) is 0 Å². The molecule has 0 saturated carbocycles. The van der Waals surface area contributed by atoms with Gasteiger partial charge in [-0.05, 0) is 45.6 Å². The average Bonchev–Trinajstić information content (AvgIpc) is 2.78. The van der Waals surface area contributed by atoms with Gasteiger partial charge >= 0.3 is 0 Å². The Morgan fingerprint density at radius 1 is 1.50 bits per heavy atom. The van der Waals surface area contributed by atoms with Crippen LogP contribution >= 0.6 is 0 Å². The van der Waals surface area contributed by atoms with Crippen molar-refractivity contribution in [3.05, 3.63) is 35.3 Å². The maximum Gasteiger partial charge on any atom is 0.223 e. The van der Waals surface area contributed by atoms with Gasteiger partial charge < -0.3 is 14.8 Å². The van der Waals surface area contributed by atoms with E-state index in [0.29, 0.717) is 13.0 Å². The summed E-state index contributed by atoms with van der Waals surface area (Å²) in [5, 5.41) is 13.0. The minimum atomic E-state index is -0.584. The number of furan rings is 1. The largest absolute Gasteiger partial charge is 0.466 e. The van der Waals surface area contributed by atoms with Gasteiger partial charge in [-0.1, -0.05) is 12.2 Å². The molecule has 1 aromatic rings. The van der Waals surface area contributed by atoms with E-state index in [1.54, 1.807) is 0 Å². The maximum absolute atomic E-state index is 11.9. The van der Waals surface area contributed by atoms with Crippen LogP contribution in [-0.4, -0.2) is 17.6 Å². The number of amides is 1. The molecule has 0 radical (unpaired) electrons. The molecule has 2 atom stereocenters. The lowest BCUT2D eigenvalue weighted by atomic mass is 9.93. The van der Waals surface area contributed by atoms with E-state index >= 15 is 0 Å². The van der Waals surface area contributed by atoms with E-state index in [2.05, 4.69) is 17.5 Å². The standard InChI is InChI=1S/C16H23NO3/c1-11-10-14(12(2)20-11)15(18)8-9-17-16(19)13-6-4-3-5-7-13/h3-4,10,13,15,18H,5-9H2,1-2H3,(H,17,19)/t13-,15-/m0/s1. The number of carbonyl (C=O) groups is 1. The summed E-state index contributed by atoms with van der Waals surface area (Å²) in [6.07, 6.45) is 6.85. The van der Waals surface area contributed by atoms with Gasteiger partial charge in [0.2, 0.25) is 5.91 Å². The first-order valence-electron chi connectivity index (χ1n) is 7.25. The quantitative estimate of drug-likeness (QED) is 0.813. The Morgan fingerprint density at radius 3 is 2.90 bits per heavy atom. The lowest BCUT2D eigenvalue weighted by molar-refractivity contribution is -0.125. The van der Waals surface area contributed by atoms with Crippen LogP contribution in [0.5, 0.6) is 0 Å². The fourth-order valence-corrected chi connectivity index (χ4v) is 2.64. The molecule has 1 aliphatic carbocycles. The highest BCUT2D eigenvalue weighted by Crippen LogP contribution is 2.23. The third-order valence-electron chi connectivity index (χ3n) is 3.80. The Bertz CT molecular complexity index is 490. The number of nitrogens with one attached hydrogen (secondary N) is 1. The molecule has 1 heterocycles. The van der Waals surface area contributed by atoms with Crippen LogP contribution in [0.25, 0.3) is 0 Å². The van der Waals surface area contributed by atoms with Crippen molar-refractivity contribution in [2.45, 2.75) is 45.6 Å². The molecule has 110 valence electrons. The van der Waals surface area contributed by atoms with Gasteiger partial charge in [0.1, 0.15) is 11.5 Å². The molecular weight excluding hydrogens is 254 g/mol. The van der Waals surface area contributed by atoms with Gasteiger partial charge in [-0.3, -0.25) is 4.79 Å². The lowest BCUT2D eigenvalue weighted by Gasteiger charge is -2.18. The highest BCUT2D eigenvalue weighted by atomic mass is 16.3. The Balaban J connectivity index is 1.76. The molecular formula is C16H23NO3. The van der Waals surface area contributed by atoms with Crippen molar-refractivity contribution in [1.82, 2.24) is 5.32 Å². The highest BCUT2D eigenvalue weighted by molar-refractivity contribution is 5.78. The van der Waals surface area contributed by atoms with Gasteiger partial charge in [0.15, 0.2) is 0 Å². The minimum Gasteiger partial charge on any atom is -0.466 e. The number of rotatable bonds is 5. The molecule has 1 amide bonds. The average molecular weight is 277 g/mol. The summed E-state index contributed by atoms with van der Waals surface area (Å²) >= 11 is 0. The number of aryl methyl sites for hydroxylation is 2. The fraction of sp³-hybridized carbons (Fsp3) is 0.562. The van der Waals surface area contributed by atoms with E-state index in [9.17, 15) is 9.90 Å². The van der Waals surface area contributed by atoms with Crippen LogP contribution in [-0.2, 0) is 4.79 Å². The first-order chi connectivity index (χ1) is 9.58. The van der Waals surface area contributed by atoms with Crippen molar-refractivity contribution < 1.29 is 14.3 Å². The van der Waals surface area contributed by atoms with Crippen LogP contribution in [0.2, 0.25) is 0 Å². The number of carbonyl (C=O) groups excluding carboxylic acids is 1. The van der Waals surface area contributed by atoms with Gasteiger partial charge in [0.05, 0.1) is 6.10 Å². The van der Waals surface area contributed by atoms with Crippen LogP contribution in [0, 0.1) is 19.8 Å². The van der Waals surface area contributed by atoms with E-state index < -0.39 is 6.10 Å². The van der Waals surface area contributed by atoms with Crippen molar-refractivity contribution in [2.24, 2.45) is 5.92 Å². The predicted molar refractivity (Wildman–Crippen MR) is 77.2 cm³/mol. The molecule has 2 N–H and O–H groups in total. The summed E-state index contributed by atoms with van der Waals surface area (Å²) in [5.41, 5.74) is 0.817. The van der Waals surface area contributed by atoms with Crippen LogP contribution in [0.3, 0.4) is 0 Å². The molecule has 1 aromatic heterocycles. The monoisotopic (exact) mass is 277 g/mol. The molecule has 2 rings (SSSR count). The molecule has 0 spiro atoms. The summed E-state index contributed by atoms with van der Waals surface area (Å²) in [7, 11) is 0. The second kappa shape index (κ2) is 6.75. The molecule has 0 unspecified atom stereocenters. The number of hydrogen-bond acceptors (Lipinski definition) is 3. The van der Waals surface area contributed by atoms with E-state index in [0.717, 1.165) is 36.3 Å². The SMILES string of the molecule is Cc1cc([C@@H](O)CCNC(=O)[C@H]2CC=CCC2)c(C)o1. The van der Waals surface area contributed by atoms with Gasteiger partial charge in [-0.2, -0.15) is 0 Å². The third kappa shape index (κ3) is 3.73. The second-order valence-corrected chi connectivity index (χ2v) is 5.45. The van der Waals surface area contributed by atoms with Crippen LogP contribution in [0.4, 0.5) is 0 Å². The fourth-order valence-electron chi connectivity index (χ4n) is 2.64. The minimum absolute atomic E-state index is 0.0926. The molecule has 0 aliphatic heterocycles. The van der Waals surface area contributed by atoms with Gasteiger partial charge in [-0.15, -0.1) is 0 Å². The molecule has 0 fully saturated rings. The molecule has 4 heteroatoms. The van der Waals surface area contributed by atoms with Gasteiger partial charge in [-0.25, -0.2) is 0 Å². The lowest BCUT2D eigenvalue weighted by Crippen LogP contribution is -2.32. The van der Waals surface area contributed by atoms with Crippen molar-refractivity contribution in [3.8, 4) is 0 Å². The topological polar surface area (TPSA) is 62.5 Å². The summed E-state index contributed by atoms with van der Waals surface area (Å²) in [5.74, 6) is 1.74. The maximum atomic E-state index is 11.9. The second-order valence-electron chi connectivity index (χ2n) is 5.45. The Kier molecular flexibility index (Phi) is 5.01. The smallest absolute Gasteiger partial charge is 0.223 e. The molecule has 20 heavy (non-hydrogen) atoms. The Hall–Kier alpha value is -1.55. The van der Waals surface area contributed by atoms with Crippen LogP contribution in [0.15, 0.2) is 22.6 Å². The number of allylic oxidation sites excluding steroid dienone is 2. The highest BCUT2D eigenvalue weighted by Gasteiger charge is 2.19. The van der Waals surface area contributed by atoms with Crippen LogP contribution in [0.1, 0.15) is 48.9 Å². The summed E-state index contributed by atoms with van der Waals surface area (Å²) in [6, 6.07) is 1.85. The van der Waals surface area contributed by atoms with E-state index in [-0.39, 0.29) is 11.8 Å². The molecule has 1 aliphatic rings.